The van der Waals surface area contributed by atoms with Crippen molar-refractivity contribution in [3.05, 3.63) is 12.7 Å². The third kappa shape index (κ3) is 0.807. The molecule has 10 heavy (non-hydrogen) atoms. The zero-order chi connectivity index (χ0) is 7.03. The first-order valence-corrected chi connectivity index (χ1v) is 4.26. The van der Waals surface area contributed by atoms with E-state index in [0.717, 1.165) is 5.92 Å². The van der Waals surface area contributed by atoms with Crippen LogP contribution < -0.4 is 5.32 Å². The van der Waals surface area contributed by atoms with Gasteiger partial charge in [-0.1, -0.05) is 6.08 Å². The second-order valence-corrected chi connectivity index (χ2v) is 3.55. The maximum absolute atomic E-state index is 3.91. The van der Waals surface area contributed by atoms with Crippen LogP contribution in [0.15, 0.2) is 12.7 Å². The normalized spacial score (nSPS) is 40.0. The van der Waals surface area contributed by atoms with Gasteiger partial charge in [0, 0.05) is 5.54 Å². The van der Waals surface area contributed by atoms with Crippen LogP contribution in [0.25, 0.3) is 0 Å². The summed E-state index contributed by atoms with van der Waals surface area (Å²) in [5.74, 6) is 0.924. The van der Waals surface area contributed by atoms with E-state index in [1.807, 2.05) is 0 Å². The van der Waals surface area contributed by atoms with Crippen LogP contribution in [0, 0.1) is 5.92 Å². The zero-order valence-corrected chi connectivity index (χ0v) is 6.40. The molecule has 0 aromatic rings. The Kier molecular flexibility index (Phi) is 1.34. The Balaban J connectivity index is 2.11. The van der Waals surface area contributed by atoms with Gasteiger partial charge in [-0.25, -0.2) is 0 Å². The lowest BCUT2D eigenvalue weighted by Gasteiger charge is -2.24. The SMILES string of the molecule is C=CC1(C2CC2)CCCN1. The second kappa shape index (κ2) is 2.09. The Morgan fingerprint density at radius 2 is 2.30 bits per heavy atom. The average molecular weight is 137 g/mol. The minimum absolute atomic E-state index is 0.361. The van der Waals surface area contributed by atoms with Crippen molar-refractivity contribution in [2.75, 3.05) is 6.54 Å². The van der Waals surface area contributed by atoms with Crippen molar-refractivity contribution < 1.29 is 0 Å². The van der Waals surface area contributed by atoms with Crippen molar-refractivity contribution in [3.63, 3.8) is 0 Å². The molecule has 1 aliphatic carbocycles. The molecule has 0 bridgehead atoms. The highest BCUT2D eigenvalue weighted by molar-refractivity contribution is 5.13. The van der Waals surface area contributed by atoms with Crippen LogP contribution in [0.3, 0.4) is 0 Å². The van der Waals surface area contributed by atoms with Gasteiger partial charge in [0.25, 0.3) is 0 Å². The third-order valence-electron chi connectivity index (χ3n) is 2.89. The summed E-state index contributed by atoms with van der Waals surface area (Å²) in [6.45, 7) is 5.11. The number of rotatable bonds is 2. The molecule has 1 unspecified atom stereocenters. The summed E-state index contributed by atoms with van der Waals surface area (Å²) < 4.78 is 0. The highest BCUT2D eigenvalue weighted by atomic mass is 15.0. The maximum atomic E-state index is 3.91. The minimum atomic E-state index is 0.361. The Labute approximate surface area is 62.5 Å². The number of hydrogen-bond acceptors (Lipinski definition) is 1. The van der Waals surface area contributed by atoms with Crippen LogP contribution in [0.1, 0.15) is 25.7 Å². The molecule has 1 atom stereocenters. The summed E-state index contributed by atoms with van der Waals surface area (Å²) in [7, 11) is 0. The molecule has 1 saturated heterocycles. The van der Waals surface area contributed by atoms with Crippen LogP contribution in [0.5, 0.6) is 0 Å². The standard InChI is InChI=1S/C9H15N/c1-2-9(8-4-5-8)6-3-7-10-9/h2,8,10H,1,3-7H2. The molecule has 1 nitrogen and oxygen atoms in total. The summed E-state index contributed by atoms with van der Waals surface area (Å²) >= 11 is 0. The Morgan fingerprint density at radius 1 is 1.50 bits per heavy atom. The molecule has 0 aromatic carbocycles. The topological polar surface area (TPSA) is 12.0 Å². The van der Waals surface area contributed by atoms with Crippen molar-refractivity contribution in [1.82, 2.24) is 5.32 Å². The fraction of sp³-hybridized carbons (Fsp3) is 0.778. The van der Waals surface area contributed by atoms with Gasteiger partial charge in [0.15, 0.2) is 0 Å². The van der Waals surface area contributed by atoms with Crippen LogP contribution in [0.4, 0.5) is 0 Å². The lowest BCUT2D eigenvalue weighted by Crippen LogP contribution is -2.39. The van der Waals surface area contributed by atoms with Gasteiger partial charge in [-0.2, -0.15) is 0 Å². The Morgan fingerprint density at radius 3 is 2.70 bits per heavy atom. The molecule has 0 spiro atoms. The van der Waals surface area contributed by atoms with Crippen molar-refractivity contribution in [2.24, 2.45) is 5.92 Å². The summed E-state index contributed by atoms with van der Waals surface area (Å²) in [4.78, 5) is 0. The van der Waals surface area contributed by atoms with Crippen LogP contribution >= 0.6 is 0 Å². The predicted molar refractivity (Wildman–Crippen MR) is 42.9 cm³/mol. The van der Waals surface area contributed by atoms with Gasteiger partial charge >= 0.3 is 0 Å². The molecule has 56 valence electrons. The number of nitrogens with one attached hydrogen (secondary N) is 1. The predicted octanol–water partition coefficient (Wildman–Crippen LogP) is 1.70. The molecule has 1 heteroatoms. The van der Waals surface area contributed by atoms with Crippen LogP contribution in [-0.2, 0) is 0 Å². The molecular weight excluding hydrogens is 122 g/mol. The average Bonchev–Trinajstić information content (AvgIpc) is 2.71. The van der Waals surface area contributed by atoms with Gasteiger partial charge in [-0.05, 0) is 38.1 Å². The Bertz CT molecular complexity index is 141. The van der Waals surface area contributed by atoms with E-state index in [2.05, 4.69) is 18.0 Å². The second-order valence-electron chi connectivity index (χ2n) is 3.55. The van der Waals surface area contributed by atoms with Gasteiger partial charge in [-0.15, -0.1) is 6.58 Å². The van der Waals surface area contributed by atoms with Crippen molar-refractivity contribution in [1.29, 1.82) is 0 Å². The van der Waals surface area contributed by atoms with Crippen LogP contribution in [-0.4, -0.2) is 12.1 Å². The molecule has 1 aliphatic heterocycles. The van der Waals surface area contributed by atoms with E-state index in [4.69, 9.17) is 0 Å². The molecule has 1 heterocycles. The van der Waals surface area contributed by atoms with Crippen molar-refractivity contribution in [2.45, 2.75) is 31.2 Å². The van der Waals surface area contributed by atoms with E-state index in [-0.39, 0.29) is 0 Å². The van der Waals surface area contributed by atoms with Crippen LogP contribution in [0.2, 0.25) is 0 Å². The molecule has 2 aliphatic rings. The molecule has 0 amide bonds. The summed E-state index contributed by atoms with van der Waals surface area (Å²) in [6.07, 6.45) is 7.62. The zero-order valence-electron chi connectivity index (χ0n) is 6.40. The summed E-state index contributed by atoms with van der Waals surface area (Å²) in [5, 5.41) is 3.56. The fourth-order valence-corrected chi connectivity index (χ4v) is 2.08. The highest BCUT2D eigenvalue weighted by Crippen LogP contribution is 2.44. The Hall–Kier alpha value is -0.300. The first kappa shape index (κ1) is 6.41. The quantitative estimate of drug-likeness (QED) is 0.571. The van der Waals surface area contributed by atoms with Gasteiger partial charge < -0.3 is 5.32 Å². The van der Waals surface area contributed by atoms with E-state index in [1.165, 1.54) is 32.2 Å². The summed E-state index contributed by atoms with van der Waals surface area (Å²) in [6, 6.07) is 0. The molecular formula is C9H15N. The van der Waals surface area contributed by atoms with Gasteiger partial charge in [0.05, 0.1) is 0 Å². The molecule has 0 radical (unpaired) electrons. The largest absolute Gasteiger partial charge is 0.308 e. The number of hydrogen-bond donors (Lipinski definition) is 1. The monoisotopic (exact) mass is 137 g/mol. The fourth-order valence-electron chi connectivity index (χ4n) is 2.08. The summed E-state index contributed by atoms with van der Waals surface area (Å²) in [5.41, 5.74) is 0.361. The molecule has 1 N–H and O–H groups in total. The van der Waals surface area contributed by atoms with E-state index >= 15 is 0 Å². The van der Waals surface area contributed by atoms with Gasteiger partial charge in [0.2, 0.25) is 0 Å². The van der Waals surface area contributed by atoms with E-state index in [9.17, 15) is 0 Å². The first-order valence-electron chi connectivity index (χ1n) is 4.26. The van der Waals surface area contributed by atoms with Gasteiger partial charge in [0.1, 0.15) is 0 Å². The van der Waals surface area contributed by atoms with E-state index in [1.54, 1.807) is 0 Å². The third-order valence-corrected chi connectivity index (χ3v) is 2.89. The van der Waals surface area contributed by atoms with E-state index in [0.29, 0.717) is 5.54 Å². The first-order chi connectivity index (χ1) is 4.87. The van der Waals surface area contributed by atoms with E-state index < -0.39 is 0 Å². The lowest BCUT2D eigenvalue weighted by molar-refractivity contribution is 0.413. The van der Waals surface area contributed by atoms with Crippen molar-refractivity contribution >= 4 is 0 Å². The smallest absolute Gasteiger partial charge is 0.0390 e. The molecule has 1 saturated carbocycles. The molecule has 2 rings (SSSR count). The molecule has 0 aromatic heterocycles. The van der Waals surface area contributed by atoms with Crippen molar-refractivity contribution in [3.8, 4) is 0 Å². The highest BCUT2D eigenvalue weighted by Gasteiger charge is 2.44. The maximum Gasteiger partial charge on any atom is 0.0390 e. The molecule has 2 fully saturated rings. The lowest BCUT2D eigenvalue weighted by atomic mass is 9.92. The minimum Gasteiger partial charge on any atom is -0.308 e. The van der Waals surface area contributed by atoms with Gasteiger partial charge in [-0.3, -0.25) is 0 Å².